The minimum absolute atomic E-state index is 0.0502. The van der Waals surface area contributed by atoms with Gasteiger partial charge in [-0.2, -0.15) is 13.2 Å². The minimum atomic E-state index is -5.08. The highest BCUT2D eigenvalue weighted by Crippen LogP contribution is 2.51. The summed E-state index contributed by atoms with van der Waals surface area (Å²) in [5.74, 6) is -4.37. The number of hydrogen-bond acceptors (Lipinski definition) is 8. The normalized spacial score (nSPS) is 28.0. The van der Waals surface area contributed by atoms with Crippen LogP contribution in [-0.2, 0) is 11.0 Å². The SMILES string of the molecule is CC1CC2CC(C1)C(NC(=O)c1cnc(-c3cn(C4CCC(F)(F)CC4)c4cc(OC5CCC6(CC5)CN(c5ncccn5)C6)ccc34)nc1C(F)(F)F)(C(=O)O)C2. The third-order valence-electron chi connectivity index (χ3n) is 13.7. The monoisotopic (exact) mass is 807 g/mol. The summed E-state index contributed by atoms with van der Waals surface area (Å²) >= 11 is 0. The number of fused-ring (bicyclic) bond motifs is 3. The average molecular weight is 808 g/mol. The summed E-state index contributed by atoms with van der Waals surface area (Å²) in [5, 5.41) is 13.3. The van der Waals surface area contributed by atoms with Gasteiger partial charge in [-0.15, -0.1) is 0 Å². The maximum atomic E-state index is 14.8. The van der Waals surface area contributed by atoms with Crippen molar-refractivity contribution in [3.8, 4) is 17.1 Å². The van der Waals surface area contributed by atoms with Crippen molar-refractivity contribution in [2.75, 3.05) is 18.0 Å². The number of aliphatic carboxylic acids is 1. The number of rotatable bonds is 8. The van der Waals surface area contributed by atoms with Gasteiger partial charge in [0.1, 0.15) is 11.3 Å². The molecule has 58 heavy (non-hydrogen) atoms. The van der Waals surface area contributed by atoms with Crippen molar-refractivity contribution >= 4 is 28.7 Å². The lowest BCUT2D eigenvalue weighted by molar-refractivity contribution is -0.146. The number of nitrogens with zero attached hydrogens (tertiary/aromatic N) is 6. The Morgan fingerprint density at radius 1 is 0.966 bits per heavy atom. The first-order chi connectivity index (χ1) is 27.6. The highest BCUT2D eigenvalue weighted by Gasteiger charge is 2.57. The van der Waals surface area contributed by atoms with Crippen LogP contribution in [0, 0.1) is 23.2 Å². The van der Waals surface area contributed by atoms with Gasteiger partial charge in [-0.1, -0.05) is 6.92 Å². The van der Waals surface area contributed by atoms with Gasteiger partial charge in [-0.3, -0.25) is 4.79 Å². The Labute approximate surface area is 331 Å². The van der Waals surface area contributed by atoms with Crippen molar-refractivity contribution in [1.82, 2.24) is 29.8 Å². The van der Waals surface area contributed by atoms with Crippen LogP contribution in [0.25, 0.3) is 22.3 Å². The number of alkyl halides is 5. The van der Waals surface area contributed by atoms with E-state index >= 15 is 0 Å². The zero-order valence-corrected chi connectivity index (χ0v) is 32.2. The minimum Gasteiger partial charge on any atom is -0.490 e. The molecule has 9 rings (SSSR count). The first-order valence-corrected chi connectivity index (χ1v) is 20.3. The number of aromatic nitrogens is 5. The number of carbonyl (C=O) groups excluding carboxylic acids is 1. The van der Waals surface area contributed by atoms with Crippen molar-refractivity contribution in [3.05, 3.63) is 60.3 Å². The molecule has 308 valence electrons. The van der Waals surface area contributed by atoms with E-state index in [0.29, 0.717) is 29.5 Å². The number of ether oxygens (including phenoxy) is 1. The van der Waals surface area contributed by atoms with E-state index in [0.717, 1.165) is 57.3 Å². The largest absolute Gasteiger partial charge is 0.490 e. The predicted octanol–water partition coefficient (Wildman–Crippen LogP) is 8.49. The van der Waals surface area contributed by atoms with E-state index in [1.165, 1.54) is 0 Å². The molecule has 0 radical (unpaired) electrons. The highest BCUT2D eigenvalue weighted by molar-refractivity contribution is 6.00. The molecule has 4 aliphatic carbocycles. The maximum Gasteiger partial charge on any atom is 0.434 e. The summed E-state index contributed by atoms with van der Waals surface area (Å²) in [5.41, 5.74) is -3.01. The quantitative estimate of drug-likeness (QED) is 0.168. The van der Waals surface area contributed by atoms with Crippen LogP contribution in [0.4, 0.5) is 27.9 Å². The third-order valence-corrected chi connectivity index (χ3v) is 13.7. The molecule has 3 aromatic heterocycles. The van der Waals surface area contributed by atoms with E-state index in [4.69, 9.17) is 4.74 Å². The summed E-state index contributed by atoms with van der Waals surface area (Å²) in [7, 11) is 0. The standard InChI is InChI=1S/C42H46F5N7O4/c1-24-15-25-17-26(16-24)41(19-25,37(56)57)52-36(55)31-20-50-35(51-34(31)42(45,46)47)32-21-54(27-5-11-40(43,44)12-6-27)33-18-29(3-4-30(32)33)58-28-7-9-39(10-8-28)22-53(23-39)38-48-13-2-14-49-38/h2-4,13-14,18,20-21,24-28H,5-12,15-17,19,22-23H2,1H3,(H,52,55)(H,56,57). The van der Waals surface area contributed by atoms with Gasteiger partial charge >= 0.3 is 12.1 Å². The van der Waals surface area contributed by atoms with Crippen LogP contribution in [0.2, 0.25) is 0 Å². The molecule has 1 aliphatic heterocycles. The first-order valence-electron chi connectivity index (χ1n) is 20.3. The molecule has 4 atom stereocenters. The van der Waals surface area contributed by atoms with Crippen LogP contribution in [0.15, 0.2) is 49.1 Å². The second-order valence-corrected chi connectivity index (χ2v) is 17.7. The second-order valence-electron chi connectivity index (χ2n) is 17.7. The summed E-state index contributed by atoms with van der Waals surface area (Å²) in [4.78, 5) is 45.4. The van der Waals surface area contributed by atoms with Crippen LogP contribution in [0.1, 0.15) is 106 Å². The number of carbonyl (C=O) groups is 2. The van der Waals surface area contributed by atoms with Crippen molar-refractivity contribution in [3.63, 3.8) is 0 Å². The summed E-state index contributed by atoms with van der Waals surface area (Å²) < 4.78 is 81.3. The molecule has 4 heterocycles. The van der Waals surface area contributed by atoms with Gasteiger partial charge in [0.2, 0.25) is 11.9 Å². The highest BCUT2D eigenvalue weighted by atomic mass is 19.4. The fourth-order valence-electron chi connectivity index (χ4n) is 10.8. The first kappa shape index (κ1) is 38.6. The lowest BCUT2D eigenvalue weighted by Crippen LogP contribution is -2.58. The zero-order chi connectivity index (χ0) is 40.6. The Kier molecular flexibility index (Phi) is 9.42. The van der Waals surface area contributed by atoms with Crippen LogP contribution in [0.3, 0.4) is 0 Å². The van der Waals surface area contributed by atoms with Crippen LogP contribution in [-0.4, -0.2) is 72.1 Å². The third kappa shape index (κ3) is 7.03. The lowest BCUT2D eigenvalue weighted by atomic mass is 9.68. The van der Waals surface area contributed by atoms with E-state index in [-0.39, 0.29) is 72.9 Å². The van der Waals surface area contributed by atoms with Gasteiger partial charge in [0.05, 0.1) is 17.2 Å². The van der Waals surface area contributed by atoms with E-state index < -0.39 is 46.7 Å². The van der Waals surface area contributed by atoms with Crippen molar-refractivity contribution < 1.29 is 41.4 Å². The molecule has 5 fully saturated rings. The van der Waals surface area contributed by atoms with Gasteiger partial charge in [0.15, 0.2) is 11.5 Å². The van der Waals surface area contributed by atoms with Gasteiger partial charge in [0, 0.05) is 79.2 Å². The Hall–Kier alpha value is -4.89. The molecule has 11 nitrogen and oxygen atoms in total. The molecule has 1 aromatic carbocycles. The number of hydrogen-bond donors (Lipinski definition) is 2. The van der Waals surface area contributed by atoms with Gasteiger partial charge < -0.3 is 24.6 Å². The topological polar surface area (TPSA) is 135 Å². The summed E-state index contributed by atoms with van der Waals surface area (Å²) in [6.07, 6.45) is 6.15. The van der Waals surface area contributed by atoms with Crippen molar-refractivity contribution in [1.29, 1.82) is 0 Å². The van der Waals surface area contributed by atoms with Crippen LogP contribution < -0.4 is 15.0 Å². The van der Waals surface area contributed by atoms with Crippen molar-refractivity contribution in [2.45, 2.75) is 114 Å². The maximum absolute atomic E-state index is 14.8. The van der Waals surface area contributed by atoms with Gasteiger partial charge in [-0.05, 0) is 100 Å². The number of amides is 1. The lowest BCUT2D eigenvalue weighted by Gasteiger charge is -2.53. The number of nitrogens with one attached hydrogen (secondary N) is 1. The fraction of sp³-hybridized carbons (Fsp3) is 0.571. The fourth-order valence-corrected chi connectivity index (χ4v) is 10.8. The second kappa shape index (κ2) is 14.1. The predicted molar refractivity (Wildman–Crippen MR) is 202 cm³/mol. The van der Waals surface area contributed by atoms with Crippen molar-refractivity contribution in [2.24, 2.45) is 23.2 Å². The average Bonchev–Trinajstić information content (AvgIpc) is 3.67. The number of carboxylic acid groups (broad SMARTS) is 1. The Morgan fingerprint density at radius 2 is 1.69 bits per heavy atom. The van der Waals surface area contributed by atoms with Gasteiger partial charge in [0.25, 0.3) is 5.91 Å². The molecular formula is C42H46F5N7O4. The van der Waals surface area contributed by atoms with E-state index in [1.54, 1.807) is 36.8 Å². The summed E-state index contributed by atoms with van der Waals surface area (Å²) in [6, 6.07) is 6.73. The number of benzene rings is 1. The van der Waals surface area contributed by atoms with Crippen LogP contribution >= 0.6 is 0 Å². The zero-order valence-electron chi connectivity index (χ0n) is 32.2. The molecule has 4 unspecified atom stereocenters. The van der Waals surface area contributed by atoms with E-state index in [9.17, 15) is 36.6 Å². The molecule has 16 heteroatoms. The molecular weight excluding hydrogens is 761 g/mol. The molecule has 4 saturated carbocycles. The smallest absolute Gasteiger partial charge is 0.434 e. The molecule has 1 amide bonds. The molecule has 2 N–H and O–H groups in total. The number of anilines is 1. The molecule has 4 aromatic rings. The number of carboxylic acids is 1. The molecule has 1 saturated heterocycles. The van der Waals surface area contributed by atoms with E-state index in [2.05, 4.69) is 30.2 Å². The molecule has 5 aliphatic rings. The Balaban J connectivity index is 0.991. The van der Waals surface area contributed by atoms with Crippen LogP contribution in [0.5, 0.6) is 5.75 Å². The summed E-state index contributed by atoms with van der Waals surface area (Å²) in [6.45, 7) is 3.79. The molecule has 2 bridgehead atoms. The Morgan fingerprint density at radius 3 is 2.38 bits per heavy atom. The van der Waals surface area contributed by atoms with E-state index in [1.807, 2.05) is 17.6 Å². The molecule has 1 spiro atoms. The Bertz CT molecular complexity index is 2210. The number of halogens is 5. The van der Waals surface area contributed by atoms with Gasteiger partial charge in [-0.25, -0.2) is 33.5 Å².